The van der Waals surface area contributed by atoms with Gasteiger partial charge in [0.1, 0.15) is 18.5 Å². The topological polar surface area (TPSA) is 92.8 Å². The Morgan fingerprint density at radius 3 is 2.76 bits per heavy atom. The fraction of sp³-hybridized carbons (Fsp3) is 0.333. The SMILES string of the molecule is O=[N+]([O-])c1cc(Br)c(F)cc1OCC(O)CO. The van der Waals surface area contributed by atoms with E-state index < -0.39 is 29.1 Å². The highest BCUT2D eigenvalue weighted by Crippen LogP contribution is 2.32. The van der Waals surface area contributed by atoms with Gasteiger partial charge in [-0.25, -0.2) is 4.39 Å². The van der Waals surface area contributed by atoms with E-state index in [1.54, 1.807) is 0 Å². The number of ether oxygens (including phenoxy) is 1. The second kappa shape index (κ2) is 5.89. The predicted molar refractivity (Wildman–Crippen MR) is 59.3 cm³/mol. The fourth-order valence-electron chi connectivity index (χ4n) is 1.02. The van der Waals surface area contributed by atoms with Gasteiger partial charge in [-0.15, -0.1) is 0 Å². The third kappa shape index (κ3) is 3.62. The number of benzene rings is 1. The van der Waals surface area contributed by atoms with E-state index in [-0.39, 0.29) is 16.8 Å². The normalized spacial score (nSPS) is 12.2. The van der Waals surface area contributed by atoms with Gasteiger partial charge in [-0.2, -0.15) is 0 Å². The van der Waals surface area contributed by atoms with Crippen LogP contribution in [-0.4, -0.2) is 34.5 Å². The van der Waals surface area contributed by atoms with Crippen molar-refractivity contribution in [1.29, 1.82) is 0 Å². The van der Waals surface area contributed by atoms with Crippen molar-refractivity contribution in [2.45, 2.75) is 6.10 Å². The van der Waals surface area contributed by atoms with E-state index in [9.17, 15) is 14.5 Å². The molecule has 0 fully saturated rings. The lowest BCUT2D eigenvalue weighted by atomic mass is 10.3. The maximum absolute atomic E-state index is 13.2. The molecular weight excluding hydrogens is 301 g/mol. The van der Waals surface area contributed by atoms with Gasteiger partial charge in [0.2, 0.25) is 0 Å². The summed E-state index contributed by atoms with van der Waals surface area (Å²) in [4.78, 5) is 9.94. The number of hydrogen-bond donors (Lipinski definition) is 2. The second-order valence-electron chi connectivity index (χ2n) is 3.14. The molecule has 6 nitrogen and oxygen atoms in total. The highest BCUT2D eigenvalue weighted by molar-refractivity contribution is 9.10. The number of hydrogen-bond acceptors (Lipinski definition) is 5. The summed E-state index contributed by atoms with van der Waals surface area (Å²) in [5, 5.41) is 28.2. The zero-order valence-corrected chi connectivity index (χ0v) is 10.1. The molecule has 1 unspecified atom stereocenters. The van der Waals surface area contributed by atoms with Gasteiger partial charge in [-0.05, 0) is 15.9 Å². The van der Waals surface area contributed by atoms with E-state index in [1.165, 1.54) is 0 Å². The molecule has 0 radical (unpaired) electrons. The van der Waals surface area contributed by atoms with Crippen molar-refractivity contribution < 1.29 is 24.3 Å². The molecule has 8 heteroatoms. The minimum atomic E-state index is -1.18. The van der Waals surface area contributed by atoms with Crippen LogP contribution in [0.15, 0.2) is 16.6 Å². The molecule has 0 aliphatic rings. The predicted octanol–water partition coefficient (Wildman–Crippen LogP) is 1.23. The standard InChI is InChI=1S/C9H9BrFNO5/c10-6-1-8(12(15)16)9(2-7(6)11)17-4-5(14)3-13/h1-2,5,13-14H,3-4H2. The van der Waals surface area contributed by atoms with Crippen LogP contribution in [0, 0.1) is 15.9 Å². The van der Waals surface area contributed by atoms with E-state index in [0.29, 0.717) is 0 Å². The molecule has 0 saturated heterocycles. The number of aliphatic hydroxyl groups excluding tert-OH is 2. The van der Waals surface area contributed by atoms with Crippen LogP contribution in [0.1, 0.15) is 0 Å². The first-order valence-corrected chi connectivity index (χ1v) is 5.30. The molecule has 0 amide bonds. The van der Waals surface area contributed by atoms with Gasteiger partial charge >= 0.3 is 5.69 Å². The summed E-state index contributed by atoms with van der Waals surface area (Å²) in [6, 6.07) is 1.81. The van der Waals surface area contributed by atoms with Gasteiger partial charge in [0.15, 0.2) is 5.75 Å². The van der Waals surface area contributed by atoms with Crippen LogP contribution in [0.25, 0.3) is 0 Å². The molecule has 0 aliphatic carbocycles. The van der Waals surface area contributed by atoms with Gasteiger partial charge in [-0.3, -0.25) is 10.1 Å². The molecule has 0 spiro atoms. The fourth-order valence-corrected chi connectivity index (χ4v) is 1.35. The minimum absolute atomic E-state index is 0.0562. The Kier molecular flexibility index (Phi) is 4.79. The summed E-state index contributed by atoms with van der Waals surface area (Å²) in [5.41, 5.74) is -0.427. The number of aliphatic hydroxyl groups is 2. The highest BCUT2D eigenvalue weighted by Gasteiger charge is 2.19. The van der Waals surface area contributed by atoms with Crippen LogP contribution in [0.3, 0.4) is 0 Å². The Hall–Kier alpha value is -1.25. The number of nitrogens with zero attached hydrogens (tertiary/aromatic N) is 1. The average molecular weight is 310 g/mol. The first-order chi connectivity index (χ1) is 7.95. The first kappa shape index (κ1) is 13.8. The van der Waals surface area contributed by atoms with Gasteiger partial charge in [0, 0.05) is 12.1 Å². The lowest BCUT2D eigenvalue weighted by Gasteiger charge is -2.10. The second-order valence-corrected chi connectivity index (χ2v) is 3.99. The molecule has 94 valence electrons. The molecular formula is C9H9BrFNO5. The zero-order valence-electron chi connectivity index (χ0n) is 8.47. The summed E-state index contributed by atoms with van der Waals surface area (Å²) in [6.45, 7) is -0.911. The van der Waals surface area contributed by atoms with Crippen LogP contribution < -0.4 is 4.74 Å². The van der Waals surface area contributed by atoms with Crippen molar-refractivity contribution >= 4 is 21.6 Å². The van der Waals surface area contributed by atoms with Crippen molar-refractivity contribution in [2.75, 3.05) is 13.2 Å². The third-order valence-corrected chi connectivity index (χ3v) is 2.45. The Morgan fingerprint density at radius 2 is 2.24 bits per heavy atom. The molecule has 1 atom stereocenters. The van der Waals surface area contributed by atoms with Crippen LogP contribution in [0.2, 0.25) is 0 Å². The largest absolute Gasteiger partial charge is 0.484 e. The maximum atomic E-state index is 13.2. The van der Waals surface area contributed by atoms with Gasteiger partial charge in [0.25, 0.3) is 0 Å². The van der Waals surface area contributed by atoms with Crippen molar-refractivity contribution in [1.82, 2.24) is 0 Å². The van der Waals surface area contributed by atoms with Gasteiger partial charge in [-0.1, -0.05) is 0 Å². The van der Waals surface area contributed by atoms with Crippen molar-refractivity contribution in [3.8, 4) is 5.75 Å². The molecule has 1 aromatic rings. The maximum Gasteiger partial charge on any atom is 0.312 e. The third-order valence-electron chi connectivity index (χ3n) is 1.84. The van der Waals surface area contributed by atoms with Crippen LogP contribution in [0.4, 0.5) is 10.1 Å². The summed E-state index contributed by atoms with van der Waals surface area (Å²) in [5.74, 6) is -1.02. The smallest absolute Gasteiger partial charge is 0.312 e. The molecule has 1 rings (SSSR count). The number of nitro benzene ring substituents is 1. The first-order valence-electron chi connectivity index (χ1n) is 4.51. The Balaban J connectivity index is 2.96. The van der Waals surface area contributed by atoms with E-state index >= 15 is 0 Å². The summed E-state index contributed by atoms with van der Waals surface area (Å²) in [6.07, 6.45) is -1.18. The summed E-state index contributed by atoms with van der Waals surface area (Å²) >= 11 is 2.82. The molecule has 17 heavy (non-hydrogen) atoms. The zero-order chi connectivity index (χ0) is 13.0. The number of halogens is 2. The highest BCUT2D eigenvalue weighted by atomic mass is 79.9. The molecule has 0 bridgehead atoms. The quantitative estimate of drug-likeness (QED) is 0.630. The van der Waals surface area contributed by atoms with E-state index in [1.807, 2.05) is 0 Å². The molecule has 0 aliphatic heterocycles. The summed E-state index contributed by atoms with van der Waals surface area (Å²) in [7, 11) is 0. The summed E-state index contributed by atoms with van der Waals surface area (Å²) < 4.78 is 18.0. The Bertz CT molecular complexity index is 428. The van der Waals surface area contributed by atoms with Gasteiger partial charge in [0.05, 0.1) is 16.0 Å². The van der Waals surface area contributed by atoms with Crippen LogP contribution in [-0.2, 0) is 0 Å². The monoisotopic (exact) mass is 309 g/mol. The van der Waals surface area contributed by atoms with E-state index in [4.69, 9.17) is 14.9 Å². The Morgan fingerprint density at radius 1 is 1.59 bits per heavy atom. The minimum Gasteiger partial charge on any atom is -0.484 e. The molecule has 1 aromatic carbocycles. The number of nitro groups is 1. The molecule has 0 saturated carbocycles. The van der Waals surface area contributed by atoms with E-state index in [2.05, 4.69) is 15.9 Å². The molecule has 0 aromatic heterocycles. The van der Waals surface area contributed by atoms with Crippen molar-refractivity contribution in [2.24, 2.45) is 0 Å². The van der Waals surface area contributed by atoms with E-state index in [0.717, 1.165) is 12.1 Å². The number of rotatable bonds is 5. The van der Waals surface area contributed by atoms with Crippen molar-refractivity contribution in [3.05, 3.63) is 32.5 Å². The van der Waals surface area contributed by atoms with Crippen molar-refractivity contribution in [3.63, 3.8) is 0 Å². The lowest BCUT2D eigenvalue weighted by Crippen LogP contribution is -2.21. The lowest BCUT2D eigenvalue weighted by molar-refractivity contribution is -0.386. The Labute approximate surface area is 104 Å². The average Bonchev–Trinajstić information content (AvgIpc) is 2.29. The van der Waals surface area contributed by atoms with Crippen LogP contribution in [0.5, 0.6) is 5.75 Å². The molecule has 2 N–H and O–H groups in total. The van der Waals surface area contributed by atoms with Gasteiger partial charge < -0.3 is 14.9 Å². The van der Waals surface area contributed by atoms with Crippen LogP contribution >= 0.6 is 15.9 Å². The molecule has 0 heterocycles.